The normalized spacial score (nSPS) is 11.8. The molecule has 0 aliphatic carbocycles. The Balaban J connectivity index is 2.37. The van der Waals surface area contributed by atoms with Crippen LogP contribution in [0.2, 0.25) is 0 Å². The van der Waals surface area contributed by atoms with Crippen LogP contribution in [0, 0.1) is 0 Å². The molecule has 0 bridgehead atoms. The minimum Gasteiger partial charge on any atom is -0.478 e. The molecule has 1 atom stereocenters. The van der Waals surface area contributed by atoms with E-state index in [4.69, 9.17) is 5.11 Å². The number of nitrogens with one attached hydrogen (secondary N) is 1. The SMILES string of the molecule is COC(NC(=O)CSc1ccncc1)C(=O)O. The number of rotatable bonds is 6. The number of carbonyl (C=O) groups excluding carboxylic acids is 1. The zero-order valence-corrected chi connectivity index (χ0v) is 9.94. The van der Waals surface area contributed by atoms with E-state index >= 15 is 0 Å². The first kappa shape index (κ1) is 13.5. The van der Waals surface area contributed by atoms with Crippen molar-refractivity contribution in [1.82, 2.24) is 10.3 Å². The van der Waals surface area contributed by atoms with Gasteiger partial charge in [0, 0.05) is 24.4 Å². The Morgan fingerprint density at radius 3 is 2.71 bits per heavy atom. The van der Waals surface area contributed by atoms with Gasteiger partial charge in [-0.1, -0.05) is 0 Å². The molecular weight excluding hydrogens is 244 g/mol. The van der Waals surface area contributed by atoms with Gasteiger partial charge in [-0.05, 0) is 12.1 Å². The summed E-state index contributed by atoms with van der Waals surface area (Å²) in [5, 5.41) is 10.9. The average molecular weight is 256 g/mol. The van der Waals surface area contributed by atoms with Gasteiger partial charge in [-0.3, -0.25) is 9.78 Å². The number of methoxy groups -OCH3 is 1. The van der Waals surface area contributed by atoms with Crippen LogP contribution in [0.4, 0.5) is 0 Å². The molecule has 1 amide bonds. The van der Waals surface area contributed by atoms with Crippen LogP contribution in [0.3, 0.4) is 0 Å². The van der Waals surface area contributed by atoms with Crippen LogP contribution in [0.5, 0.6) is 0 Å². The Morgan fingerprint density at radius 2 is 2.18 bits per heavy atom. The van der Waals surface area contributed by atoms with E-state index in [1.807, 2.05) is 0 Å². The Morgan fingerprint density at radius 1 is 1.53 bits per heavy atom. The number of nitrogens with zero attached hydrogens (tertiary/aromatic N) is 1. The molecule has 1 rings (SSSR count). The van der Waals surface area contributed by atoms with Crippen LogP contribution < -0.4 is 5.32 Å². The van der Waals surface area contributed by atoms with Crippen molar-refractivity contribution in [3.05, 3.63) is 24.5 Å². The molecule has 1 unspecified atom stereocenters. The number of carboxylic acid groups (broad SMARTS) is 1. The Kier molecular flexibility index (Phi) is 5.44. The Labute approximate surface area is 102 Å². The molecular formula is C10H12N2O4S. The molecule has 0 radical (unpaired) electrons. The lowest BCUT2D eigenvalue weighted by Crippen LogP contribution is -2.42. The molecule has 2 N–H and O–H groups in total. The van der Waals surface area contributed by atoms with Crippen molar-refractivity contribution in [3.8, 4) is 0 Å². The quantitative estimate of drug-likeness (QED) is 0.564. The van der Waals surface area contributed by atoms with Gasteiger partial charge in [0.15, 0.2) is 0 Å². The van der Waals surface area contributed by atoms with E-state index in [2.05, 4.69) is 15.0 Å². The number of carbonyl (C=O) groups is 2. The minimum atomic E-state index is -1.31. The molecule has 17 heavy (non-hydrogen) atoms. The van der Waals surface area contributed by atoms with Crippen molar-refractivity contribution < 1.29 is 19.4 Å². The molecule has 1 aromatic heterocycles. The summed E-state index contributed by atoms with van der Waals surface area (Å²) in [5.74, 6) is -1.51. The third-order valence-electron chi connectivity index (χ3n) is 1.77. The van der Waals surface area contributed by atoms with Crippen LogP contribution >= 0.6 is 11.8 Å². The van der Waals surface area contributed by atoms with E-state index in [-0.39, 0.29) is 5.75 Å². The van der Waals surface area contributed by atoms with Crippen LogP contribution in [-0.2, 0) is 14.3 Å². The van der Waals surface area contributed by atoms with Crippen molar-refractivity contribution in [2.45, 2.75) is 11.1 Å². The van der Waals surface area contributed by atoms with E-state index in [1.165, 1.54) is 18.9 Å². The van der Waals surface area contributed by atoms with Gasteiger partial charge < -0.3 is 15.2 Å². The summed E-state index contributed by atoms with van der Waals surface area (Å²) >= 11 is 1.29. The molecule has 0 aliphatic heterocycles. The van der Waals surface area contributed by atoms with E-state index in [9.17, 15) is 9.59 Å². The number of ether oxygens (including phenoxy) is 1. The second-order valence-corrected chi connectivity index (χ2v) is 4.04. The smallest absolute Gasteiger partial charge is 0.354 e. The van der Waals surface area contributed by atoms with Gasteiger partial charge in [0.2, 0.25) is 12.1 Å². The molecule has 1 aromatic rings. The zero-order valence-electron chi connectivity index (χ0n) is 9.12. The highest BCUT2D eigenvalue weighted by atomic mass is 32.2. The van der Waals surface area contributed by atoms with Crippen LogP contribution in [0.15, 0.2) is 29.4 Å². The summed E-state index contributed by atoms with van der Waals surface area (Å²) in [6.45, 7) is 0. The third-order valence-corrected chi connectivity index (χ3v) is 2.78. The maximum absolute atomic E-state index is 11.4. The van der Waals surface area contributed by atoms with E-state index in [1.54, 1.807) is 24.5 Å². The Bertz CT molecular complexity index is 385. The van der Waals surface area contributed by atoms with Crippen LogP contribution in [0.1, 0.15) is 0 Å². The molecule has 0 spiro atoms. The van der Waals surface area contributed by atoms with Gasteiger partial charge in [-0.2, -0.15) is 0 Å². The summed E-state index contributed by atoms with van der Waals surface area (Å²) in [5.41, 5.74) is 0. The maximum atomic E-state index is 11.4. The largest absolute Gasteiger partial charge is 0.478 e. The second kappa shape index (κ2) is 6.87. The molecule has 92 valence electrons. The number of aliphatic carboxylic acids is 1. The molecule has 6 nitrogen and oxygen atoms in total. The number of hydrogen-bond donors (Lipinski definition) is 2. The van der Waals surface area contributed by atoms with Gasteiger partial charge in [-0.15, -0.1) is 11.8 Å². The Hall–Kier alpha value is -1.60. The summed E-state index contributed by atoms with van der Waals surface area (Å²) in [4.78, 5) is 26.7. The van der Waals surface area contributed by atoms with Crippen LogP contribution in [0.25, 0.3) is 0 Å². The van der Waals surface area contributed by atoms with Gasteiger partial charge in [0.25, 0.3) is 0 Å². The predicted octanol–water partition coefficient (Wildman–Crippen LogP) is 0.347. The highest BCUT2D eigenvalue weighted by Crippen LogP contribution is 2.15. The molecule has 0 aromatic carbocycles. The minimum absolute atomic E-state index is 0.122. The molecule has 0 saturated carbocycles. The molecule has 0 saturated heterocycles. The van der Waals surface area contributed by atoms with E-state index in [0.717, 1.165) is 4.90 Å². The lowest BCUT2D eigenvalue weighted by molar-refractivity contribution is -0.153. The average Bonchev–Trinajstić information content (AvgIpc) is 2.34. The van der Waals surface area contributed by atoms with Crippen molar-refractivity contribution in [2.24, 2.45) is 0 Å². The number of hydrogen-bond acceptors (Lipinski definition) is 5. The lowest BCUT2D eigenvalue weighted by atomic mass is 10.5. The molecule has 1 heterocycles. The zero-order chi connectivity index (χ0) is 12.7. The fourth-order valence-corrected chi connectivity index (χ4v) is 1.69. The first-order chi connectivity index (χ1) is 8.13. The number of pyridine rings is 1. The maximum Gasteiger partial charge on any atom is 0.354 e. The summed E-state index contributed by atoms with van der Waals surface area (Å²) < 4.78 is 4.58. The van der Waals surface area contributed by atoms with Gasteiger partial charge >= 0.3 is 5.97 Å². The topological polar surface area (TPSA) is 88.5 Å². The van der Waals surface area contributed by atoms with Crippen molar-refractivity contribution in [1.29, 1.82) is 0 Å². The van der Waals surface area contributed by atoms with Gasteiger partial charge in [-0.25, -0.2) is 4.79 Å². The predicted molar refractivity (Wildman–Crippen MR) is 61.5 cm³/mol. The first-order valence-electron chi connectivity index (χ1n) is 4.71. The summed E-state index contributed by atoms with van der Waals surface area (Å²) in [6, 6.07) is 3.53. The molecule has 0 aliphatic rings. The third kappa shape index (κ3) is 4.83. The second-order valence-electron chi connectivity index (χ2n) is 2.99. The highest BCUT2D eigenvalue weighted by Gasteiger charge is 2.18. The number of amides is 1. The van der Waals surface area contributed by atoms with E-state index in [0.29, 0.717) is 0 Å². The van der Waals surface area contributed by atoms with Gasteiger partial charge in [0.1, 0.15) is 0 Å². The van der Waals surface area contributed by atoms with Gasteiger partial charge in [0.05, 0.1) is 5.75 Å². The van der Waals surface area contributed by atoms with Crippen LogP contribution in [-0.4, -0.2) is 41.1 Å². The number of aromatic nitrogens is 1. The fourth-order valence-electron chi connectivity index (χ4n) is 0.993. The molecule has 0 fully saturated rings. The number of thioether (sulfide) groups is 1. The lowest BCUT2D eigenvalue weighted by Gasteiger charge is -2.11. The first-order valence-corrected chi connectivity index (χ1v) is 5.70. The summed E-state index contributed by atoms with van der Waals surface area (Å²) in [7, 11) is 1.22. The van der Waals surface area contributed by atoms with Crippen molar-refractivity contribution in [2.75, 3.05) is 12.9 Å². The summed E-state index contributed by atoms with van der Waals surface area (Å²) in [6.07, 6.45) is 1.94. The monoisotopic (exact) mass is 256 g/mol. The molecule has 7 heteroatoms. The standard InChI is InChI=1S/C10H12N2O4S/c1-16-9(10(14)15)12-8(13)6-17-7-2-4-11-5-3-7/h2-5,9H,6H2,1H3,(H,12,13)(H,14,15). The highest BCUT2D eigenvalue weighted by molar-refractivity contribution is 8.00. The van der Waals surface area contributed by atoms with Crippen molar-refractivity contribution >= 4 is 23.6 Å². The van der Waals surface area contributed by atoms with Crippen molar-refractivity contribution in [3.63, 3.8) is 0 Å². The fraction of sp³-hybridized carbons (Fsp3) is 0.300. The van der Waals surface area contributed by atoms with E-state index < -0.39 is 18.1 Å². The number of carboxylic acids is 1.